The van der Waals surface area contributed by atoms with Gasteiger partial charge in [0.05, 0.1) is 29.6 Å². The van der Waals surface area contributed by atoms with Crippen LogP contribution < -0.4 is 10.6 Å². The molecule has 2 aliphatic heterocycles. The highest BCUT2D eigenvalue weighted by atomic mass is 19.4. The molecular weight excluding hydrogens is 567 g/mol. The molecule has 0 spiro atoms. The molecule has 2 aliphatic rings. The maximum atomic E-state index is 13.6. The first kappa shape index (κ1) is 28.6. The molecule has 4 aromatic rings. The van der Waals surface area contributed by atoms with Crippen molar-refractivity contribution in [2.75, 3.05) is 38.0 Å². The number of β-amino-alcohol motifs (C(OH)–C–C–N with tert-alkyl or cyclic N) is 1. The van der Waals surface area contributed by atoms with Crippen molar-refractivity contribution in [3.05, 3.63) is 59.8 Å². The molecule has 5 heterocycles. The second-order valence-corrected chi connectivity index (χ2v) is 10.8. The molecular formula is C28H30F3N9O3. The van der Waals surface area contributed by atoms with E-state index in [2.05, 4.69) is 25.7 Å². The van der Waals surface area contributed by atoms with E-state index in [1.807, 2.05) is 6.92 Å². The van der Waals surface area contributed by atoms with Crippen LogP contribution in [0, 0.1) is 6.92 Å². The largest absolute Gasteiger partial charge is 0.435 e. The van der Waals surface area contributed by atoms with Gasteiger partial charge < -0.3 is 25.5 Å². The molecule has 12 nitrogen and oxygen atoms in total. The van der Waals surface area contributed by atoms with Gasteiger partial charge in [-0.3, -0.25) is 18.7 Å². The zero-order chi connectivity index (χ0) is 30.5. The van der Waals surface area contributed by atoms with Crippen molar-refractivity contribution in [3.63, 3.8) is 0 Å². The number of alkyl halides is 3. The number of hydrogen-bond donors (Lipinski definition) is 3. The summed E-state index contributed by atoms with van der Waals surface area (Å²) in [6.45, 7) is 3.87. The Labute approximate surface area is 244 Å². The third kappa shape index (κ3) is 5.52. The maximum absolute atomic E-state index is 13.6. The van der Waals surface area contributed by atoms with Gasteiger partial charge in [0.25, 0.3) is 5.91 Å². The van der Waals surface area contributed by atoms with Crippen LogP contribution in [0.2, 0.25) is 0 Å². The molecule has 2 saturated heterocycles. The lowest BCUT2D eigenvalue weighted by molar-refractivity contribution is -0.141. The summed E-state index contributed by atoms with van der Waals surface area (Å²) in [6.07, 6.45) is 0.892. The number of aromatic nitrogens is 5. The summed E-state index contributed by atoms with van der Waals surface area (Å²) >= 11 is 0. The number of amides is 2. The van der Waals surface area contributed by atoms with E-state index in [0.717, 1.165) is 10.2 Å². The van der Waals surface area contributed by atoms with Gasteiger partial charge in [0.15, 0.2) is 17.2 Å². The van der Waals surface area contributed by atoms with E-state index in [-0.39, 0.29) is 29.1 Å². The lowest BCUT2D eigenvalue weighted by Gasteiger charge is -2.36. The van der Waals surface area contributed by atoms with Crippen LogP contribution in [0.5, 0.6) is 0 Å². The quantitative estimate of drug-likeness (QED) is 0.319. The minimum atomic E-state index is -4.63. The fraction of sp³-hybridized carbons (Fsp3) is 0.393. The van der Waals surface area contributed by atoms with E-state index in [1.54, 1.807) is 28.0 Å². The Morgan fingerprint density at radius 1 is 1.12 bits per heavy atom. The van der Waals surface area contributed by atoms with E-state index in [9.17, 15) is 27.9 Å². The van der Waals surface area contributed by atoms with E-state index < -0.39 is 18.0 Å². The first-order valence-corrected chi connectivity index (χ1v) is 13.8. The Morgan fingerprint density at radius 3 is 2.53 bits per heavy atom. The molecule has 0 radical (unpaired) electrons. The van der Waals surface area contributed by atoms with Crippen molar-refractivity contribution in [3.8, 4) is 11.3 Å². The highest BCUT2D eigenvalue weighted by Crippen LogP contribution is 2.36. The predicted octanol–water partition coefficient (Wildman–Crippen LogP) is 2.21. The summed E-state index contributed by atoms with van der Waals surface area (Å²) in [4.78, 5) is 38.2. The van der Waals surface area contributed by atoms with E-state index >= 15 is 0 Å². The average Bonchev–Trinajstić information content (AvgIpc) is 3.71. The van der Waals surface area contributed by atoms with Gasteiger partial charge in [0, 0.05) is 69.6 Å². The third-order valence-electron chi connectivity index (χ3n) is 7.81. The van der Waals surface area contributed by atoms with Crippen molar-refractivity contribution in [2.24, 2.45) is 7.05 Å². The smallest absolute Gasteiger partial charge is 0.392 e. The highest BCUT2D eigenvalue weighted by Gasteiger charge is 2.38. The van der Waals surface area contributed by atoms with Crippen molar-refractivity contribution < 1.29 is 27.9 Å². The lowest BCUT2D eigenvalue weighted by atomic mass is 10.1. The number of halogens is 3. The Bertz CT molecular complexity index is 1690. The number of hydrogen-bond acceptors (Lipinski definition) is 8. The molecule has 0 unspecified atom stereocenters. The van der Waals surface area contributed by atoms with Crippen LogP contribution >= 0.6 is 0 Å². The highest BCUT2D eigenvalue weighted by molar-refractivity contribution is 5.96. The number of fused-ring (bicyclic) bond motifs is 1. The molecule has 2 atom stereocenters. The van der Waals surface area contributed by atoms with Gasteiger partial charge in [0.1, 0.15) is 0 Å². The molecule has 0 aliphatic carbocycles. The Kier molecular flexibility index (Phi) is 7.30. The number of nitrogens with one attached hydrogen (secondary N) is 2. The molecule has 1 aromatic carbocycles. The first-order chi connectivity index (χ1) is 20.5. The van der Waals surface area contributed by atoms with Crippen molar-refractivity contribution in [1.29, 1.82) is 0 Å². The SMILES string of the molecule is Cc1cc(Nc2nccn3c(-c4cn(C)nc4C(F)(F)F)cnc23)ccc1C(=O)N1CCN(C(=O)[C@H]2C[C@H](O)CN2)CC1. The van der Waals surface area contributed by atoms with Crippen LogP contribution in [0.3, 0.4) is 0 Å². The standard InChI is InChI=1S/C28H30F3N9O3/c1-16-11-17(3-4-19(16)26(42)38-7-9-39(10-8-38)27(43)21-12-18(41)13-33-21)35-24-25-34-14-22(40(25)6-5-32-24)20-15-37(2)36-23(20)28(29,30)31/h3-6,11,14-15,18,21,33,41H,7-10,12-13H2,1-2H3,(H,32,35)/t18-,21+/m0/s1. The number of carbonyl (C=O) groups excluding carboxylic acids is 2. The predicted molar refractivity (Wildman–Crippen MR) is 150 cm³/mol. The number of aliphatic hydroxyl groups is 1. The molecule has 0 saturated carbocycles. The van der Waals surface area contributed by atoms with Crippen LogP contribution in [-0.4, -0.2) is 95.7 Å². The number of benzene rings is 1. The lowest BCUT2D eigenvalue weighted by Crippen LogP contribution is -2.54. The number of rotatable bonds is 5. The molecule has 3 aromatic heterocycles. The Balaban J connectivity index is 1.16. The second kappa shape index (κ2) is 11.0. The molecule has 6 rings (SSSR count). The van der Waals surface area contributed by atoms with Crippen LogP contribution in [0.15, 0.2) is 43.0 Å². The zero-order valence-electron chi connectivity index (χ0n) is 23.5. The summed E-state index contributed by atoms with van der Waals surface area (Å²) in [5.41, 5.74) is 1.31. The summed E-state index contributed by atoms with van der Waals surface area (Å²) in [7, 11) is 1.43. The summed E-state index contributed by atoms with van der Waals surface area (Å²) in [5, 5.41) is 19.5. The third-order valence-corrected chi connectivity index (χ3v) is 7.81. The summed E-state index contributed by atoms with van der Waals surface area (Å²) in [6, 6.07) is 4.85. The van der Waals surface area contributed by atoms with Gasteiger partial charge in [0.2, 0.25) is 5.91 Å². The van der Waals surface area contributed by atoms with Gasteiger partial charge in [-0.25, -0.2) is 9.97 Å². The number of nitrogens with zero attached hydrogens (tertiary/aromatic N) is 7. The molecule has 226 valence electrons. The van der Waals surface area contributed by atoms with Gasteiger partial charge in [-0.05, 0) is 37.1 Å². The normalized spacial score (nSPS) is 19.3. The molecule has 2 amide bonds. The Morgan fingerprint density at radius 2 is 1.86 bits per heavy atom. The van der Waals surface area contributed by atoms with Crippen molar-refractivity contribution >= 4 is 29.0 Å². The fourth-order valence-corrected chi connectivity index (χ4v) is 5.64. The number of anilines is 2. The topological polar surface area (TPSA) is 133 Å². The van der Waals surface area contributed by atoms with Gasteiger partial charge in [-0.1, -0.05) is 0 Å². The molecule has 43 heavy (non-hydrogen) atoms. The Hall–Kier alpha value is -4.50. The van der Waals surface area contributed by atoms with Gasteiger partial charge >= 0.3 is 6.18 Å². The molecule has 15 heteroatoms. The molecule has 3 N–H and O–H groups in total. The number of aryl methyl sites for hydroxylation is 2. The minimum Gasteiger partial charge on any atom is -0.392 e. The zero-order valence-corrected chi connectivity index (χ0v) is 23.5. The van der Waals surface area contributed by atoms with E-state index in [0.29, 0.717) is 61.9 Å². The van der Waals surface area contributed by atoms with Gasteiger partial charge in [-0.15, -0.1) is 0 Å². The van der Waals surface area contributed by atoms with Crippen LogP contribution in [0.4, 0.5) is 24.7 Å². The summed E-state index contributed by atoms with van der Waals surface area (Å²) in [5.74, 6) is 0.139. The second-order valence-electron chi connectivity index (χ2n) is 10.8. The number of carbonyl (C=O) groups is 2. The minimum absolute atomic E-state index is 0.0512. The van der Waals surface area contributed by atoms with E-state index in [1.165, 1.54) is 36.2 Å². The van der Waals surface area contributed by atoms with Crippen LogP contribution in [0.1, 0.15) is 28.0 Å². The monoisotopic (exact) mass is 597 g/mol. The number of imidazole rings is 1. The van der Waals surface area contributed by atoms with Crippen molar-refractivity contribution in [1.82, 2.24) is 39.3 Å². The van der Waals surface area contributed by atoms with E-state index in [4.69, 9.17) is 0 Å². The average molecular weight is 598 g/mol. The number of piperazine rings is 1. The van der Waals surface area contributed by atoms with Crippen molar-refractivity contribution in [2.45, 2.75) is 31.7 Å². The number of aliphatic hydroxyl groups excluding tert-OH is 1. The summed E-state index contributed by atoms with van der Waals surface area (Å²) < 4.78 is 43.4. The molecule has 0 bridgehead atoms. The maximum Gasteiger partial charge on any atom is 0.435 e. The fourth-order valence-electron chi connectivity index (χ4n) is 5.64. The first-order valence-electron chi connectivity index (χ1n) is 13.8. The van der Waals surface area contributed by atoms with Crippen LogP contribution in [-0.2, 0) is 18.0 Å². The van der Waals surface area contributed by atoms with Gasteiger partial charge in [-0.2, -0.15) is 18.3 Å². The van der Waals surface area contributed by atoms with Crippen LogP contribution in [0.25, 0.3) is 16.9 Å². The molecule has 2 fully saturated rings.